The van der Waals surface area contributed by atoms with E-state index < -0.39 is 0 Å². The maximum atomic E-state index is 5.57. The van der Waals surface area contributed by atoms with Crippen LogP contribution in [-0.2, 0) is 0 Å². The lowest BCUT2D eigenvalue weighted by molar-refractivity contribution is 0.168. The quantitative estimate of drug-likeness (QED) is 0.626. The molecule has 0 unspecified atom stereocenters. The molecule has 0 amide bonds. The third-order valence-corrected chi connectivity index (χ3v) is 5.62. The Morgan fingerprint density at radius 1 is 1.00 bits per heavy atom. The molecule has 5 heteroatoms. The van der Waals surface area contributed by atoms with Crippen LogP contribution in [0.25, 0.3) is 22.6 Å². The van der Waals surface area contributed by atoms with Crippen molar-refractivity contribution in [2.75, 3.05) is 20.2 Å². The number of nitrogens with zero attached hydrogens (tertiary/aromatic N) is 3. The zero-order chi connectivity index (χ0) is 19.5. The lowest BCUT2D eigenvalue weighted by atomic mass is 9.95. The van der Waals surface area contributed by atoms with Crippen molar-refractivity contribution in [3.05, 3.63) is 54.4 Å². The van der Waals surface area contributed by atoms with E-state index in [1.807, 2.05) is 30.3 Å². The zero-order valence-corrected chi connectivity index (χ0v) is 16.8. The zero-order valence-electron chi connectivity index (χ0n) is 16.8. The number of hydrogen-bond donors (Lipinski definition) is 0. The van der Waals surface area contributed by atoms with Crippen molar-refractivity contribution in [3.8, 4) is 28.3 Å². The van der Waals surface area contributed by atoms with Crippen LogP contribution >= 0.6 is 0 Å². The topological polar surface area (TPSA) is 51.4 Å². The molecule has 1 aliphatic heterocycles. The van der Waals surface area contributed by atoms with Gasteiger partial charge in [0.2, 0.25) is 0 Å². The number of benzene rings is 2. The number of ether oxygens (including phenoxy) is 1. The van der Waals surface area contributed by atoms with Crippen molar-refractivity contribution in [2.24, 2.45) is 0 Å². The summed E-state index contributed by atoms with van der Waals surface area (Å²) in [4.78, 5) is 7.20. The highest BCUT2D eigenvalue weighted by Crippen LogP contribution is 2.32. The first-order valence-electron chi connectivity index (χ1n) is 9.97. The van der Waals surface area contributed by atoms with Gasteiger partial charge in [-0.15, -0.1) is 0 Å². The second-order valence-corrected chi connectivity index (χ2v) is 7.64. The minimum absolute atomic E-state index is 0.389. The summed E-state index contributed by atoms with van der Waals surface area (Å²) in [6.07, 6.45) is 2.17. The lowest BCUT2D eigenvalue weighted by Gasteiger charge is -2.33. The average molecular weight is 377 g/mol. The van der Waals surface area contributed by atoms with Crippen LogP contribution in [0.1, 0.15) is 38.4 Å². The average Bonchev–Trinajstić information content (AvgIpc) is 3.24. The van der Waals surface area contributed by atoms with Gasteiger partial charge >= 0.3 is 0 Å². The minimum atomic E-state index is 0.389. The van der Waals surface area contributed by atoms with E-state index in [0.29, 0.717) is 17.9 Å². The van der Waals surface area contributed by atoms with E-state index in [-0.39, 0.29) is 0 Å². The van der Waals surface area contributed by atoms with Crippen LogP contribution in [0.3, 0.4) is 0 Å². The van der Waals surface area contributed by atoms with Crippen molar-refractivity contribution in [1.82, 2.24) is 15.0 Å². The van der Waals surface area contributed by atoms with E-state index in [4.69, 9.17) is 9.26 Å². The molecule has 2 heterocycles. The highest BCUT2D eigenvalue weighted by Gasteiger charge is 2.25. The normalized spacial score (nSPS) is 15.9. The van der Waals surface area contributed by atoms with Gasteiger partial charge in [-0.3, -0.25) is 0 Å². The van der Waals surface area contributed by atoms with Crippen molar-refractivity contribution in [2.45, 2.75) is 38.6 Å². The van der Waals surface area contributed by atoms with E-state index in [2.05, 4.69) is 47.1 Å². The SMILES string of the molecule is COc1ccccc1-c1ccc(-c2nc(C3CCN(C(C)C)CC3)no2)cc1. The number of rotatable bonds is 5. The molecule has 0 saturated carbocycles. The molecule has 2 aromatic carbocycles. The molecule has 0 radical (unpaired) electrons. The van der Waals surface area contributed by atoms with E-state index in [1.54, 1.807) is 7.11 Å². The molecule has 1 saturated heterocycles. The largest absolute Gasteiger partial charge is 0.496 e. The molecule has 4 rings (SSSR count). The number of piperidine rings is 1. The van der Waals surface area contributed by atoms with Gasteiger partial charge in [0.15, 0.2) is 5.82 Å². The maximum Gasteiger partial charge on any atom is 0.257 e. The van der Waals surface area contributed by atoms with E-state index in [0.717, 1.165) is 54.2 Å². The molecular weight excluding hydrogens is 350 g/mol. The molecule has 1 aliphatic rings. The Labute approximate surface area is 166 Å². The Morgan fingerprint density at radius 3 is 2.36 bits per heavy atom. The summed E-state index contributed by atoms with van der Waals surface area (Å²) < 4.78 is 11.0. The summed E-state index contributed by atoms with van der Waals surface area (Å²) in [7, 11) is 1.69. The molecule has 0 atom stereocenters. The van der Waals surface area contributed by atoms with Crippen molar-refractivity contribution in [3.63, 3.8) is 0 Å². The molecule has 0 bridgehead atoms. The first-order chi connectivity index (χ1) is 13.7. The molecule has 5 nitrogen and oxygen atoms in total. The van der Waals surface area contributed by atoms with Crippen LogP contribution < -0.4 is 4.74 Å². The fourth-order valence-corrected chi connectivity index (χ4v) is 3.87. The molecule has 0 N–H and O–H groups in total. The van der Waals surface area contributed by atoms with Crippen LogP contribution in [0.5, 0.6) is 5.75 Å². The molecule has 1 fully saturated rings. The standard InChI is InChI=1S/C23H27N3O2/c1-16(2)26-14-12-18(13-15-26)22-24-23(28-25-22)19-10-8-17(9-11-19)20-6-4-5-7-21(20)27-3/h4-11,16,18H,12-15H2,1-3H3. The fraction of sp³-hybridized carbons (Fsp3) is 0.391. The molecule has 1 aromatic heterocycles. The lowest BCUT2D eigenvalue weighted by Crippen LogP contribution is -2.38. The highest BCUT2D eigenvalue weighted by atomic mass is 16.5. The maximum absolute atomic E-state index is 5.57. The Bertz CT molecular complexity index is 910. The molecule has 0 aliphatic carbocycles. The fourth-order valence-electron chi connectivity index (χ4n) is 3.87. The van der Waals surface area contributed by atoms with Gasteiger partial charge < -0.3 is 14.2 Å². The second-order valence-electron chi connectivity index (χ2n) is 7.64. The summed E-state index contributed by atoms with van der Waals surface area (Å²) in [5.41, 5.74) is 3.11. The molecule has 0 spiro atoms. The van der Waals surface area contributed by atoms with Gasteiger partial charge in [-0.2, -0.15) is 4.98 Å². The Kier molecular flexibility index (Phi) is 5.44. The van der Waals surface area contributed by atoms with Gasteiger partial charge in [0.25, 0.3) is 5.89 Å². The number of methoxy groups -OCH3 is 1. The first kappa shape index (κ1) is 18.7. The van der Waals surface area contributed by atoms with E-state index >= 15 is 0 Å². The van der Waals surface area contributed by atoms with E-state index in [1.165, 1.54) is 0 Å². The van der Waals surface area contributed by atoms with Crippen molar-refractivity contribution < 1.29 is 9.26 Å². The van der Waals surface area contributed by atoms with E-state index in [9.17, 15) is 0 Å². The molecule has 3 aromatic rings. The monoisotopic (exact) mass is 377 g/mol. The van der Waals surface area contributed by atoms with Crippen molar-refractivity contribution in [1.29, 1.82) is 0 Å². The van der Waals surface area contributed by atoms with Crippen LogP contribution in [0, 0.1) is 0 Å². The number of aromatic nitrogens is 2. The summed E-state index contributed by atoms with van der Waals surface area (Å²) in [6, 6.07) is 16.8. The Hall–Kier alpha value is -2.66. The molecule has 28 heavy (non-hydrogen) atoms. The third-order valence-electron chi connectivity index (χ3n) is 5.62. The van der Waals surface area contributed by atoms with Gasteiger partial charge in [0, 0.05) is 23.1 Å². The second kappa shape index (κ2) is 8.15. The van der Waals surface area contributed by atoms with Crippen LogP contribution in [0.15, 0.2) is 53.1 Å². The highest BCUT2D eigenvalue weighted by molar-refractivity contribution is 5.72. The molecule has 146 valence electrons. The van der Waals surface area contributed by atoms with Gasteiger partial charge in [-0.05, 0) is 63.5 Å². The minimum Gasteiger partial charge on any atom is -0.496 e. The summed E-state index contributed by atoms with van der Waals surface area (Å²) in [5, 5.41) is 4.27. The first-order valence-corrected chi connectivity index (χ1v) is 9.97. The summed E-state index contributed by atoms with van der Waals surface area (Å²) in [6.45, 7) is 6.70. The summed E-state index contributed by atoms with van der Waals surface area (Å²) in [5.74, 6) is 2.68. The number of hydrogen-bond acceptors (Lipinski definition) is 5. The molecular formula is C23H27N3O2. The predicted molar refractivity (Wildman–Crippen MR) is 110 cm³/mol. The van der Waals surface area contributed by atoms with Crippen molar-refractivity contribution >= 4 is 0 Å². The predicted octanol–water partition coefficient (Wildman–Crippen LogP) is 5.00. The Morgan fingerprint density at radius 2 is 1.68 bits per heavy atom. The van der Waals surface area contributed by atoms with Gasteiger partial charge in [-0.25, -0.2) is 0 Å². The van der Waals surface area contributed by atoms with Gasteiger partial charge in [0.05, 0.1) is 7.11 Å². The third kappa shape index (κ3) is 3.80. The number of likely N-dealkylation sites (tertiary alicyclic amines) is 1. The van der Waals surface area contributed by atoms with Crippen LogP contribution in [-0.4, -0.2) is 41.3 Å². The summed E-state index contributed by atoms with van der Waals surface area (Å²) >= 11 is 0. The number of para-hydroxylation sites is 1. The van der Waals surface area contributed by atoms with Crippen LogP contribution in [0.2, 0.25) is 0 Å². The smallest absolute Gasteiger partial charge is 0.257 e. The van der Waals surface area contributed by atoms with Gasteiger partial charge in [0.1, 0.15) is 5.75 Å². The Balaban J connectivity index is 1.49. The van der Waals surface area contributed by atoms with Crippen LogP contribution in [0.4, 0.5) is 0 Å². The van der Waals surface area contributed by atoms with Gasteiger partial charge in [-0.1, -0.05) is 35.5 Å².